The molecule has 1 aliphatic rings. The minimum atomic E-state index is -0.0319. The van der Waals surface area contributed by atoms with E-state index in [1.807, 2.05) is 42.2 Å². The van der Waals surface area contributed by atoms with Crippen molar-refractivity contribution in [3.63, 3.8) is 0 Å². The van der Waals surface area contributed by atoms with Gasteiger partial charge in [-0.2, -0.15) is 0 Å². The Morgan fingerprint density at radius 3 is 2.59 bits per heavy atom. The third-order valence-electron chi connectivity index (χ3n) is 2.73. The lowest BCUT2D eigenvalue weighted by Crippen LogP contribution is -2.44. The van der Waals surface area contributed by atoms with Gasteiger partial charge in [-0.3, -0.25) is 4.79 Å². The molecule has 0 aliphatic carbocycles. The molecular formula is C13H17NO2S. The van der Waals surface area contributed by atoms with Gasteiger partial charge in [0.1, 0.15) is 0 Å². The third kappa shape index (κ3) is 3.48. The standard InChI is InChI=1S/C13H17NO2S/c1-11(17-12-5-3-2-4-6-12)13(15)14-7-9-16-10-8-14/h2-6,11H,7-10H2,1H3/t11-/m0/s1. The van der Waals surface area contributed by atoms with Crippen LogP contribution >= 0.6 is 11.8 Å². The minimum absolute atomic E-state index is 0.0319. The van der Waals surface area contributed by atoms with Gasteiger partial charge in [-0.25, -0.2) is 0 Å². The van der Waals surface area contributed by atoms with Gasteiger partial charge >= 0.3 is 0 Å². The largest absolute Gasteiger partial charge is 0.378 e. The van der Waals surface area contributed by atoms with Crippen LogP contribution in [-0.4, -0.2) is 42.4 Å². The molecule has 1 aromatic carbocycles. The van der Waals surface area contributed by atoms with E-state index in [0.717, 1.165) is 18.0 Å². The highest BCUT2D eigenvalue weighted by Crippen LogP contribution is 2.24. The molecule has 17 heavy (non-hydrogen) atoms. The van der Waals surface area contributed by atoms with Crippen molar-refractivity contribution in [1.29, 1.82) is 0 Å². The molecule has 0 radical (unpaired) electrons. The molecule has 3 nitrogen and oxygen atoms in total. The van der Waals surface area contributed by atoms with Gasteiger partial charge in [0.05, 0.1) is 18.5 Å². The summed E-state index contributed by atoms with van der Waals surface area (Å²) in [5, 5.41) is -0.0319. The van der Waals surface area contributed by atoms with Gasteiger partial charge in [0.2, 0.25) is 5.91 Å². The average molecular weight is 251 g/mol. The maximum absolute atomic E-state index is 12.2. The summed E-state index contributed by atoms with van der Waals surface area (Å²) in [6.45, 7) is 4.73. The second-order valence-electron chi connectivity index (χ2n) is 4.01. The van der Waals surface area contributed by atoms with Crippen LogP contribution < -0.4 is 0 Å². The zero-order valence-electron chi connectivity index (χ0n) is 9.96. The number of carbonyl (C=O) groups is 1. The lowest BCUT2D eigenvalue weighted by Gasteiger charge is -2.29. The Balaban J connectivity index is 1.90. The zero-order chi connectivity index (χ0) is 12.1. The molecule has 92 valence electrons. The first-order chi connectivity index (χ1) is 8.27. The number of benzene rings is 1. The number of morpholine rings is 1. The molecule has 0 unspecified atom stereocenters. The normalized spacial score (nSPS) is 17.8. The molecule has 1 saturated heterocycles. The van der Waals surface area contributed by atoms with Crippen LogP contribution in [0.2, 0.25) is 0 Å². The van der Waals surface area contributed by atoms with Crippen LogP contribution in [-0.2, 0) is 9.53 Å². The molecule has 0 spiro atoms. The molecule has 1 aliphatic heterocycles. The van der Waals surface area contributed by atoms with E-state index in [-0.39, 0.29) is 11.2 Å². The predicted octanol–water partition coefficient (Wildman–Crippen LogP) is 2.03. The van der Waals surface area contributed by atoms with Gasteiger partial charge in [-0.1, -0.05) is 18.2 Å². The van der Waals surface area contributed by atoms with E-state index in [1.54, 1.807) is 11.8 Å². The topological polar surface area (TPSA) is 29.5 Å². The first-order valence-corrected chi connectivity index (χ1v) is 6.73. The molecule has 1 heterocycles. The number of hydrogen-bond donors (Lipinski definition) is 0. The molecule has 1 amide bonds. The summed E-state index contributed by atoms with van der Waals surface area (Å²) in [4.78, 5) is 15.2. The predicted molar refractivity (Wildman–Crippen MR) is 69.2 cm³/mol. The summed E-state index contributed by atoms with van der Waals surface area (Å²) in [6, 6.07) is 10.0. The molecule has 1 atom stereocenters. The van der Waals surface area contributed by atoms with E-state index in [0.29, 0.717) is 13.2 Å². The second-order valence-corrected chi connectivity index (χ2v) is 5.43. The van der Waals surface area contributed by atoms with Crippen LogP contribution in [0.3, 0.4) is 0 Å². The molecule has 1 fully saturated rings. The van der Waals surface area contributed by atoms with Gasteiger partial charge in [0.15, 0.2) is 0 Å². The summed E-state index contributed by atoms with van der Waals surface area (Å²) >= 11 is 1.61. The van der Waals surface area contributed by atoms with E-state index in [9.17, 15) is 4.79 Å². The Hall–Kier alpha value is -1.00. The third-order valence-corrected chi connectivity index (χ3v) is 3.83. The summed E-state index contributed by atoms with van der Waals surface area (Å²) < 4.78 is 5.25. The molecule has 0 bridgehead atoms. The molecule has 4 heteroatoms. The highest BCUT2D eigenvalue weighted by atomic mass is 32.2. The maximum Gasteiger partial charge on any atom is 0.235 e. The van der Waals surface area contributed by atoms with Crippen molar-refractivity contribution < 1.29 is 9.53 Å². The molecule has 2 rings (SSSR count). The van der Waals surface area contributed by atoms with Crippen molar-refractivity contribution in [2.75, 3.05) is 26.3 Å². The van der Waals surface area contributed by atoms with Crippen LogP contribution in [0.25, 0.3) is 0 Å². The van der Waals surface area contributed by atoms with E-state index in [2.05, 4.69) is 0 Å². The smallest absolute Gasteiger partial charge is 0.235 e. The fraction of sp³-hybridized carbons (Fsp3) is 0.462. The molecule has 0 aromatic heterocycles. The summed E-state index contributed by atoms with van der Waals surface area (Å²) in [5.74, 6) is 0.210. The summed E-state index contributed by atoms with van der Waals surface area (Å²) in [5.41, 5.74) is 0. The lowest BCUT2D eigenvalue weighted by atomic mass is 10.3. The summed E-state index contributed by atoms with van der Waals surface area (Å²) in [7, 11) is 0. The van der Waals surface area contributed by atoms with Crippen molar-refractivity contribution in [2.24, 2.45) is 0 Å². The van der Waals surface area contributed by atoms with E-state index >= 15 is 0 Å². The first kappa shape index (κ1) is 12.5. The number of amides is 1. The van der Waals surface area contributed by atoms with Gasteiger partial charge < -0.3 is 9.64 Å². The Morgan fingerprint density at radius 1 is 1.29 bits per heavy atom. The van der Waals surface area contributed by atoms with Crippen molar-refractivity contribution in [2.45, 2.75) is 17.1 Å². The highest BCUT2D eigenvalue weighted by molar-refractivity contribution is 8.00. The number of nitrogens with zero attached hydrogens (tertiary/aromatic N) is 1. The molecule has 0 saturated carbocycles. The van der Waals surface area contributed by atoms with Crippen molar-refractivity contribution in [1.82, 2.24) is 4.90 Å². The second kappa shape index (κ2) is 6.07. The molecule has 0 N–H and O–H groups in total. The Bertz CT molecular complexity index is 363. The quantitative estimate of drug-likeness (QED) is 0.770. The summed E-state index contributed by atoms with van der Waals surface area (Å²) in [6.07, 6.45) is 0. The molecule has 1 aromatic rings. The van der Waals surface area contributed by atoms with Crippen LogP contribution in [0, 0.1) is 0 Å². The SMILES string of the molecule is C[C@H](Sc1ccccc1)C(=O)N1CCOCC1. The van der Waals surface area contributed by atoms with Gasteiger partial charge in [0.25, 0.3) is 0 Å². The minimum Gasteiger partial charge on any atom is -0.378 e. The number of hydrogen-bond acceptors (Lipinski definition) is 3. The van der Waals surface area contributed by atoms with Crippen LogP contribution in [0.15, 0.2) is 35.2 Å². The van der Waals surface area contributed by atoms with Gasteiger partial charge in [-0.15, -0.1) is 11.8 Å². The fourth-order valence-electron chi connectivity index (χ4n) is 1.79. The number of carbonyl (C=O) groups excluding carboxylic acids is 1. The lowest BCUT2D eigenvalue weighted by molar-refractivity contribution is -0.134. The van der Waals surface area contributed by atoms with Gasteiger partial charge in [-0.05, 0) is 19.1 Å². The Morgan fingerprint density at radius 2 is 1.94 bits per heavy atom. The highest BCUT2D eigenvalue weighted by Gasteiger charge is 2.22. The molecular weight excluding hydrogens is 234 g/mol. The first-order valence-electron chi connectivity index (χ1n) is 5.85. The monoisotopic (exact) mass is 251 g/mol. The van der Waals surface area contributed by atoms with Gasteiger partial charge in [0, 0.05) is 18.0 Å². The number of thioether (sulfide) groups is 1. The number of rotatable bonds is 3. The fourth-order valence-corrected chi connectivity index (χ4v) is 2.77. The number of ether oxygens (including phenoxy) is 1. The van der Waals surface area contributed by atoms with Crippen LogP contribution in [0.1, 0.15) is 6.92 Å². The van der Waals surface area contributed by atoms with Crippen molar-refractivity contribution in [3.8, 4) is 0 Å². The van der Waals surface area contributed by atoms with E-state index < -0.39 is 0 Å². The Kier molecular flexibility index (Phi) is 4.45. The van der Waals surface area contributed by atoms with Crippen LogP contribution in [0.4, 0.5) is 0 Å². The van der Waals surface area contributed by atoms with Crippen LogP contribution in [0.5, 0.6) is 0 Å². The van der Waals surface area contributed by atoms with Crippen molar-refractivity contribution in [3.05, 3.63) is 30.3 Å². The zero-order valence-corrected chi connectivity index (χ0v) is 10.8. The Labute approximate surface area is 106 Å². The van der Waals surface area contributed by atoms with E-state index in [4.69, 9.17) is 4.74 Å². The average Bonchev–Trinajstić information content (AvgIpc) is 2.40. The van der Waals surface area contributed by atoms with E-state index in [1.165, 1.54) is 0 Å². The van der Waals surface area contributed by atoms with Crippen molar-refractivity contribution >= 4 is 17.7 Å². The maximum atomic E-state index is 12.2.